The molecule has 138 valence electrons. The molecule has 0 bridgehead atoms. The quantitative estimate of drug-likeness (QED) is 0.761. The molecule has 0 spiro atoms. The van der Waals surface area contributed by atoms with Gasteiger partial charge in [0.15, 0.2) is 6.61 Å². The van der Waals surface area contributed by atoms with E-state index in [2.05, 4.69) is 11.9 Å². The van der Waals surface area contributed by atoms with Gasteiger partial charge in [0.25, 0.3) is 11.5 Å². The summed E-state index contributed by atoms with van der Waals surface area (Å²) < 4.78 is 6.30. The van der Waals surface area contributed by atoms with Gasteiger partial charge in [0.1, 0.15) is 6.54 Å². The van der Waals surface area contributed by atoms with Gasteiger partial charge in [-0.25, -0.2) is 4.98 Å². The molecule has 26 heavy (non-hydrogen) atoms. The van der Waals surface area contributed by atoms with Crippen molar-refractivity contribution in [3.8, 4) is 0 Å². The number of carbonyl (C=O) groups excluding carboxylic acids is 2. The molecule has 7 heteroatoms. The van der Waals surface area contributed by atoms with Crippen molar-refractivity contribution in [2.75, 3.05) is 13.2 Å². The minimum absolute atomic E-state index is 0.172. The smallest absolute Gasteiger partial charge is 0.326 e. The topological polar surface area (TPSA) is 81.5 Å². The number of esters is 1. The Kier molecular flexibility index (Phi) is 5.65. The van der Waals surface area contributed by atoms with Gasteiger partial charge in [0.05, 0.1) is 17.2 Å². The van der Waals surface area contributed by atoms with E-state index < -0.39 is 5.97 Å². The van der Waals surface area contributed by atoms with Crippen LogP contribution in [0.5, 0.6) is 0 Å². The Bertz CT molecular complexity index is 861. The largest absolute Gasteiger partial charge is 0.454 e. The highest BCUT2D eigenvalue weighted by Gasteiger charge is 2.25. The van der Waals surface area contributed by atoms with Gasteiger partial charge < -0.3 is 9.64 Å². The molecular formula is C19H23N3O4. The van der Waals surface area contributed by atoms with Gasteiger partial charge in [-0.3, -0.25) is 19.0 Å². The summed E-state index contributed by atoms with van der Waals surface area (Å²) in [5.41, 5.74) is 0.272. The van der Waals surface area contributed by atoms with Crippen molar-refractivity contribution < 1.29 is 14.3 Å². The fourth-order valence-corrected chi connectivity index (χ4v) is 3.38. The lowest BCUT2D eigenvalue weighted by Crippen LogP contribution is -2.45. The number of carbonyl (C=O) groups is 2. The summed E-state index contributed by atoms with van der Waals surface area (Å²) in [5, 5.41) is 0.443. The zero-order valence-electron chi connectivity index (χ0n) is 14.9. The number of benzene rings is 1. The molecule has 7 nitrogen and oxygen atoms in total. The maximum Gasteiger partial charge on any atom is 0.326 e. The number of para-hydroxylation sites is 1. The second-order valence-electron chi connectivity index (χ2n) is 6.50. The Hall–Kier alpha value is -2.70. The van der Waals surface area contributed by atoms with Crippen LogP contribution in [-0.2, 0) is 20.9 Å². The maximum absolute atomic E-state index is 12.4. The standard InChI is InChI=1S/C19H23N3O4/c1-2-14-7-5-6-10-22(14)17(23)12-26-18(24)11-21-13-20-16-9-4-3-8-15(16)19(21)25/h3-4,8-9,13-14H,2,5-7,10-12H2,1H3/t14-/m1/s1. The number of fused-ring (bicyclic) bond motifs is 1. The van der Waals surface area contributed by atoms with Gasteiger partial charge in [0.2, 0.25) is 0 Å². The number of amides is 1. The third-order valence-corrected chi connectivity index (χ3v) is 4.81. The number of ether oxygens (including phenoxy) is 1. The predicted molar refractivity (Wildman–Crippen MR) is 96.6 cm³/mol. The molecule has 0 radical (unpaired) electrons. The van der Waals surface area contributed by atoms with E-state index in [1.165, 1.54) is 10.9 Å². The van der Waals surface area contributed by atoms with E-state index in [1.807, 2.05) is 0 Å². The fourth-order valence-electron chi connectivity index (χ4n) is 3.38. The van der Waals surface area contributed by atoms with Crippen molar-refractivity contribution in [3.63, 3.8) is 0 Å². The third kappa shape index (κ3) is 3.92. The number of piperidine rings is 1. The van der Waals surface area contributed by atoms with Crippen LogP contribution in [0.3, 0.4) is 0 Å². The van der Waals surface area contributed by atoms with Crippen LogP contribution in [-0.4, -0.2) is 45.5 Å². The first-order valence-electron chi connectivity index (χ1n) is 8.99. The summed E-state index contributed by atoms with van der Waals surface area (Å²) in [5.74, 6) is -0.795. The molecule has 0 N–H and O–H groups in total. The van der Waals surface area contributed by atoms with Crippen LogP contribution in [0.25, 0.3) is 10.9 Å². The molecular weight excluding hydrogens is 334 g/mol. The summed E-state index contributed by atoms with van der Waals surface area (Å²) in [4.78, 5) is 42.7. The van der Waals surface area contributed by atoms with Crippen LogP contribution >= 0.6 is 0 Å². The lowest BCUT2D eigenvalue weighted by Gasteiger charge is -2.35. The Labute approximate surface area is 151 Å². The van der Waals surface area contributed by atoms with Crippen LogP contribution in [0, 0.1) is 0 Å². The molecule has 0 aliphatic carbocycles. The summed E-state index contributed by atoms with van der Waals surface area (Å²) >= 11 is 0. The van der Waals surface area contributed by atoms with Crippen molar-refractivity contribution >= 4 is 22.8 Å². The number of hydrogen-bond acceptors (Lipinski definition) is 5. The fraction of sp³-hybridized carbons (Fsp3) is 0.474. The van der Waals surface area contributed by atoms with Crippen molar-refractivity contribution in [1.29, 1.82) is 0 Å². The van der Waals surface area contributed by atoms with E-state index >= 15 is 0 Å². The van der Waals surface area contributed by atoms with Gasteiger partial charge in [-0.05, 0) is 37.8 Å². The summed E-state index contributed by atoms with van der Waals surface area (Å²) in [6.45, 7) is 2.22. The molecule has 1 atom stereocenters. The van der Waals surface area contributed by atoms with Crippen molar-refractivity contribution in [3.05, 3.63) is 40.9 Å². The molecule has 1 aromatic carbocycles. The number of rotatable bonds is 5. The highest BCUT2D eigenvalue weighted by Crippen LogP contribution is 2.19. The second-order valence-corrected chi connectivity index (χ2v) is 6.50. The summed E-state index contributed by atoms with van der Waals surface area (Å²) in [6, 6.07) is 7.17. The van der Waals surface area contributed by atoms with Gasteiger partial charge >= 0.3 is 5.97 Å². The molecule has 3 rings (SSSR count). The highest BCUT2D eigenvalue weighted by molar-refractivity contribution is 5.81. The SMILES string of the molecule is CC[C@@H]1CCCCN1C(=O)COC(=O)Cn1cnc2ccccc2c1=O. The van der Waals surface area contributed by atoms with Gasteiger partial charge in [0, 0.05) is 12.6 Å². The Balaban J connectivity index is 1.60. The minimum Gasteiger partial charge on any atom is -0.454 e. The normalized spacial score (nSPS) is 17.3. The molecule has 1 aromatic heterocycles. The van der Waals surface area contributed by atoms with Crippen molar-refractivity contribution in [1.82, 2.24) is 14.5 Å². The number of aromatic nitrogens is 2. The van der Waals surface area contributed by atoms with E-state index in [0.29, 0.717) is 17.4 Å². The molecule has 1 fully saturated rings. The van der Waals surface area contributed by atoms with Gasteiger partial charge in [-0.15, -0.1) is 0 Å². The zero-order chi connectivity index (χ0) is 18.5. The second kappa shape index (κ2) is 8.12. The molecule has 1 amide bonds. The Morgan fingerprint density at radius 3 is 2.88 bits per heavy atom. The zero-order valence-corrected chi connectivity index (χ0v) is 14.9. The van der Waals surface area contributed by atoms with Crippen molar-refractivity contribution in [2.45, 2.75) is 45.2 Å². The first kappa shape index (κ1) is 18.1. The number of hydrogen-bond donors (Lipinski definition) is 0. The first-order chi connectivity index (χ1) is 12.6. The summed E-state index contributed by atoms with van der Waals surface area (Å²) in [6.07, 6.45) is 5.33. The van der Waals surface area contributed by atoms with Gasteiger partial charge in [-0.2, -0.15) is 0 Å². The molecule has 1 aliphatic heterocycles. The lowest BCUT2D eigenvalue weighted by atomic mass is 10.00. The molecule has 2 heterocycles. The number of likely N-dealkylation sites (tertiary alicyclic amines) is 1. The average molecular weight is 357 g/mol. The molecule has 0 saturated carbocycles. The van der Waals surface area contributed by atoms with E-state index in [4.69, 9.17) is 4.74 Å². The summed E-state index contributed by atoms with van der Waals surface area (Å²) in [7, 11) is 0. The van der Waals surface area contributed by atoms with E-state index in [1.54, 1.807) is 29.2 Å². The highest BCUT2D eigenvalue weighted by atomic mass is 16.5. The van der Waals surface area contributed by atoms with Crippen molar-refractivity contribution in [2.24, 2.45) is 0 Å². The lowest BCUT2D eigenvalue weighted by molar-refractivity contribution is -0.154. The van der Waals surface area contributed by atoms with Crippen LogP contribution in [0.1, 0.15) is 32.6 Å². The third-order valence-electron chi connectivity index (χ3n) is 4.81. The van der Waals surface area contributed by atoms with E-state index in [0.717, 1.165) is 25.7 Å². The van der Waals surface area contributed by atoms with Crippen LogP contribution in [0.2, 0.25) is 0 Å². The van der Waals surface area contributed by atoms with E-state index in [9.17, 15) is 14.4 Å². The van der Waals surface area contributed by atoms with Gasteiger partial charge in [-0.1, -0.05) is 19.1 Å². The maximum atomic E-state index is 12.4. The monoisotopic (exact) mass is 357 g/mol. The number of nitrogens with zero attached hydrogens (tertiary/aromatic N) is 3. The van der Waals surface area contributed by atoms with Crippen LogP contribution in [0.4, 0.5) is 0 Å². The molecule has 1 aliphatic rings. The van der Waals surface area contributed by atoms with E-state index in [-0.39, 0.29) is 30.7 Å². The average Bonchev–Trinajstić information content (AvgIpc) is 2.68. The molecule has 1 saturated heterocycles. The minimum atomic E-state index is -0.623. The Morgan fingerprint density at radius 2 is 2.08 bits per heavy atom. The van der Waals surface area contributed by atoms with Crippen LogP contribution in [0.15, 0.2) is 35.4 Å². The van der Waals surface area contributed by atoms with Crippen LogP contribution < -0.4 is 5.56 Å². The first-order valence-corrected chi connectivity index (χ1v) is 8.99. The molecule has 2 aromatic rings. The Morgan fingerprint density at radius 1 is 1.27 bits per heavy atom. The predicted octanol–water partition coefficient (Wildman–Crippen LogP) is 1.73. The molecule has 0 unspecified atom stereocenters.